The Morgan fingerprint density at radius 1 is 1.20 bits per heavy atom. The molecule has 1 saturated carbocycles. The summed E-state index contributed by atoms with van der Waals surface area (Å²) in [6, 6.07) is 15.3. The van der Waals surface area contributed by atoms with Gasteiger partial charge < -0.3 is 14.5 Å². The zero-order chi connectivity index (χ0) is 30.0. The van der Waals surface area contributed by atoms with Crippen molar-refractivity contribution in [1.82, 2.24) is 19.8 Å². The molecule has 5 aliphatic rings. The largest absolute Gasteiger partial charge is 0.461 e. The Hall–Kier alpha value is -4.03. The molecule has 0 radical (unpaired) electrons. The van der Waals surface area contributed by atoms with Crippen LogP contribution in [0.3, 0.4) is 0 Å². The van der Waals surface area contributed by atoms with Gasteiger partial charge in [0.05, 0.1) is 29.6 Å². The van der Waals surface area contributed by atoms with E-state index in [1.54, 1.807) is 4.90 Å². The number of amides is 1. The first-order chi connectivity index (χ1) is 21.5. The summed E-state index contributed by atoms with van der Waals surface area (Å²) in [5, 5.41) is 10.5. The minimum absolute atomic E-state index is 0.164. The van der Waals surface area contributed by atoms with Crippen molar-refractivity contribution in [2.24, 2.45) is 5.92 Å². The lowest BCUT2D eigenvalue weighted by Crippen LogP contribution is -2.55. The number of nitrogens with zero attached hydrogens (tertiary/aromatic N) is 6. The number of ether oxygens (including phenoxy) is 1. The first kappa shape index (κ1) is 27.5. The van der Waals surface area contributed by atoms with E-state index in [9.17, 15) is 14.4 Å². The lowest BCUT2D eigenvalue weighted by atomic mass is 9.94. The topological polar surface area (TPSA) is 85.6 Å². The second kappa shape index (κ2) is 10.6. The van der Waals surface area contributed by atoms with Gasteiger partial charge in [-0.25, -0.2) is 4.39 Å². The first-order valence-corrected chi connectivity index (χ1v) is 16.0. The smallest absolute Gasteiger partial charge is 0.319 e. The van der Waals surface area contributed by atoms with Crippen LogP contribution in [0.2, 0.25) is 0 Å². The van der Waals surface area contributed by atoms with Crippen LogP contribution in [-0.4, -0.2) is 82.8 Å². The van der Waals surface area contributed by atoms with Gasteiger partial charge in [-0.3, -0.25) is 9.69 Å². The van der Waals surface area contributed by atoms with Gasteiger partial charge >= 0.3 is 6.01 Å². The van der Waals surface area contributed by atoms with Crippen molar-refractivity contribution in [3.63, 3.8) is 0 Å². The van der Waals surface area contributed by atoms with Crippen molar-refractivity contribution in [2.45, 2.75) is 62.2 Å². The summed E-state index contributed by atoms with van der Waals surface area (Å²) in [7, 11) is 0. The molecule has 3 aromatic rings. The average Bonchev–Trinajstić information content (AvgIpc) is 3.36. The molecule has 1 unspecified atom stereocenters. The summed E-state index contributed by atoms with van der Waals surface area (Å²) < 4.78 is 20.9. The second-order valence-electron chi connectivity index (χ2n) is 13.3. The zero-order valence-corrected chi connectivity index (χ0v) is 24.9. The first-order valence-electron chi connectivity index (χ1n) is 16.0. The molecule has 2 aromatic carbocycles. The van der Waals surface area contributed by atoms with Gasteiger partial charge in [-0.15, -0.1) is 0 Å². The fraction of sp³-hybridized carbons (Fsp3) is 0.486. The normalized spacial score (nSPS) is 28.8. The van der Waals surface area contributed by atoms with Crippen molar-refractivity contribution in [3.05, 3.63) is 60.2 Å². The molecule has 3 saturated heterocycles. The van der Waals surface area contributed by atoms with Gasteiger partial charge in [-0.2, -0.15) is 15.2 Å². The molecule has 1 amide bonds. The van der Waals surface area contributed by atoms with Crippen LogP contribution in [0.15, 0.2) is 49.1 Å². The molecule has 4 heterocycles. The third-order valence-corrected chi connectivity index (χ3v) is 10.7. The van der Waals surface area contributed by atoms with Gasteiger partial charge in [0.15, 0.2) is 0 Å². The maximum Gasteiger partial charge on any atom is 0.319 e. The predicted octanol–water partition coefficient (Wildman–Crippen LogP) is 5.03. The zero-order valence-electron chi connectivity index (χ0n) is 24.9. The molecule has 0 bridgehead atoms. The van der Waals surface area contributed by atoms with Crippen LogP contribution in [0.5, 0.6) is 6.01 Å². The molecule has 0 spiro atoms. The molecule has 4 fully saturated rings. The van der Waals surface area contributed by atoms with Crippen LogP contribution in [0, 0.1) is 17.2 Å². The fourth-order valence-corrected chi connectivity index (χ4v) is 8.54. The SMILES string of the molecule is C=CC(=O)N1CCN(c2nc(OCC34CCCN3C[C@H](F)C4)nc3cc(-c4cccc5c4[C@H]4C[C@H]4C5)ccc23)C[C@@H]1CC#N. The van der Waals surface area contributed by atoms with Gasteiger partial charge in [-0.1, -0.05) is 30.8 Å². The van der Waals surface area contributed by atoms with E-state index in [0.29, 0.717) is 45.1 Å². The number of nitriles is 1. The number of fused-ring (bicyclic) bond motifs is 5. The Kier molecular flexibility index (Phi) is 6.60. The van der Waals surface area contributed by atoms with Gasteiger partial charge in [0.1, 0.15) is 18.6 Å². The minimum Gasteiger partial charge on any atom is -0.461 e. The molecular weight excluding hydrogens is 555 g/mol. The third kappa shape index (κ3) is 4.54. The number of benzene rings is 2. The number of hydrogen-bond acceptors (Lipinski definition) is 7. The highest BCUT2D eigenvalue weighted by molar-refractivity contribution is 5.94. The fourth-order valence-electron chi connectivity index (χ4n) is 8.54. The summed E-state index contributed by atoms with van der Waals surface area (Å²) in [6.07, 6.45) is 5.59. The van der Waals surface area contributed by atoms with E-state index in [-0.39, 0.29) is 29.9 Å². The number of rotatable bonds is 7. The number of carbonyl (C=O) groups is 1. The van der Waals surface area contributed by atoms with Crippen LogP contribution >= 0.6 is 0 Å². The number of halogens is 1. The molecule has 1 aromatic heterocycles. The highest BCUT2D eigenvalue weighted by atomic mass is 19.1. The van der Waals surface area contributed by atoms with Crippen molar-refractivity contribution in [2.75, 3.05) is 44.2 Å². The number of aromatic nitrogens is 2. The molecule has 3 aliphatic heterocycles. The molecule has 9 heteroatoms. The summed E-state index contributed by atoms with van der Waals surface area (Å²) in [4.78, 5) is 28.6. The van der Waals surface area contributed by atoms with Crippen molar-refractivity contribution < 1.29 is 13.9 Å². The highest BCUT2D eigenvalue weighted by Gasteiger charge is 2.49. The number of alkyl halides is 1. The summed E-state index contributed by atoms with van der Waals surface area (Å²) in [5.41, 5.74) is 5.87. The quantitative estimate of drug-likeness (QED) is 0.356. The maximum atomic E-state index is 14.5. The Morgan fingerprint density at radius 3 is 2.98 bits per heavy atom. The predicted molar refractivity (Wildman–Crippen MR) is 166 cm³/mol. The molecule has 8 nitrogen and oxygen atoms in total. The van der Waals surface area contributed by atoms with Gasteiger partial charge in [0, 0.05) is 38.0 Å². The Bertz CT molecular complexity index is 1700. The molecule has 226 valence electrons. The lowest BCUT2D eigenvalue weighted by molar-refractivity contribution is -0.128. The summed E-state index contributed by atoms with van der Waals surface area (Å²) >= 11 is 0. The number of carbonyl (C=O) groups excluding carboxylic acids is 1. The van der Waals surface area contributed by atoms with E-state index in [0.717, 1.165) is 47.6 Å². The van der Waals surface area contributed by atoms with E-state index in [4.69, 9.17) is 14.7 Å². The van der Waals surface area contributed by atoms with E-state index < -0.39 is 6.17 Å². The summed E-state index contributed by atoms with van der Waals surface area (Å²) in [6.45, 7) is 6.86. The van der Waals surface area contributed by atoms with Crippen molar-refractivity contribution >= 4 is 22.6 Å². The molecule has 5 atom stereocenters. The Labute approximate surface area is 257 Å². The molecule has 0 N–H and O–H groups in total. The molecule has 2 aliphatic carbocycles. The van der Waals surface area contributed by atoms with E-state index >= 15 is 0 Å². The monoisotopic (exact) mass is 592 g/mol. The number of anilines is 1. The highest BCUT2D eigenvalue weighted by Crippen LogP contribution is 2.58. The summed E-state index contributed by atoms with van der Waals surface area (Å²) in [5.74, 6) is 2.04. The van der Waals surface area contributed by atoms with Crippen LogP contribution in [0.4, 0.5) is 10.2 Å². The molecule has 44 heavy (non-hydrogen) atoms. The van der Waals surface area contributed by atoms with Gasteiger partial charge in [-0.05, 0) is 84.5 Å². The van der Waals surface area contributed by atoms with E-state index in [1.807, 2.05) is 0 Å². The minimum atomic E-state index is -0.833. The van der Waals surface area contributed by atoms with Crippen LogP contribution in [-0.2, 0) is 11.2 Å². The van der Waals surface area contributed by atoms with Gasteiger partial charge in [0.25, 0.3) is 0 Å². The molecular formula is C35H37FN6O2. The Balaban J connectivity index is 1.17. The Morgan fingerprint density at radius 2 is 2.11 bits per heavy atom. The lowest BCUT2D eigenvalue weighted by Gasteiger charge is -2.41. The maximum absolute atomic E-state index is 14.5. The van der Waals surface area contributed by atoms with Crippen LogP contribution in [0.1, 0.15) is 49.1 Å². The van der Waals surface area contributed by atoms with Crippen molar-refractivity contribution in [1.29, 1.82) is 5.26 Å². The van der Waals surface area contributed by atoms with E-state index in [2.05, 4.69) is 58.8 Å². The van der Waals surface area contributed by atoms with Gasteiger partial charge in [0.2, 0.25) is 5.91 Å². The molecule has 8 rings (SSSR count). The van der Waals surface area contributed by atoms with Crippen molar-refractivity contribution in [3.8, 4) is 23.2 Å². The second-order valence-corrected chi connectivity index (χ2v) is 13.3. The average molecular weight is 593 g/mol. The third-order valence-electron chi connectivity index (χ3n) is 10.7. The number of hydrogen-bond donors (Lipinski definition) is 0. The van der Waals surface area contributed by atoms with E-state index in [1.165, 1.54) is 35.6 Å². The van der Waals surface area contributed by atoms with Crippen LogP contribution in [0.25, 0.3) is 22.0 Å². The van der Waals surface area contributed by atoms with Crippen LogP contribution < -0.4 is 9.64 Å². The standard InChI is InChI=1S/C35H37FN6O2/c1-2-31(43)42-14-13-40(20-26(42)9-11-37)33-28-8-7-22(27-6-3-5-23-15-24-16-29(24)32(23)27)17-30(28)38-34(39-33)44-21-35-10-4-12-41(35)19-25(36)18-35/h2-3,5-8,17,24-26,29H,1,4,9-10,12-16,18-21H2/t24-,25-,26+,29+,35?/m1/s1. The number of piperazine rings is 1.